The molecule has 0 saturated carbocycles. The minimum Gasteiger partial charge on any atom is -0.309 e. The molecule has 102 valence electrons. The van der Waals surface area contributed by atoms with Gasteiger partial charge in [-0.1, -0.05) is 19.1 Å². The zero-order valence-electron chi connectivity index (χ0n) is 11.7. The molecule has 1 heterocycles. The fourth-order valence-electron chi connectivity index (χ4n) is 2.07. The van der Waals surface area contributed by atoms with Crippen molar-refractivity contribution in [2.24, 2.45) is 0 Å². The van der Waals surface area contributed by atoms with Gasteiger partial charge in [-0.3, -0.25) is 0 Å². The highest BCUT2D eigenvalue weighted by molar-refractivity contribution is 7.15. The molecular formula is C16H20FNS. The van der Waals surface area contributed by atoms with E-state index in [-0.39, 0.29) is 5.82 Å². The van der Waals surface area contributed by atoms with Crippen molar-refractivity contribution in [1.82, 2.24) is 5.32 Å². The zero-order chi connectivity index (χ0) is 13.8. The highest BCUT2D eigenvalue weighted by Crippen LogP contribution is 2.33. The third kappa shape index (κ3) is 3.23. The molecule has 0 aliphatic heterocycles. The van der Waals surface area contributed by atoms with E-state index < -0.39 is 0 Å². The van der Waals surface area contributed by atoms with Crippen LogP contribution in [-0.4, -0.2) is 6.54 Å². The molecule has 19 heavy (non-hydrogen) atoms. The van der Waals surface area contributed by atoms with Crippen LogP contribution in [-0.2, 0) is 0 Å². The van der Waals surface area contributed by atoms with Crippen molar-refractivity contribution in [2.75, 3.05) is 6.54 Å². The van der Waals surface area contributed by atoms with Gasteiger partial charge in [0.25, 0.3) is 0 Å². The van der Waals surface area contributed by atoms with E-state index in [9.17, 15) is 4.39 Å². The van der Waals surface area contributed by atoms with Crippen LogP contribution in [0.5, 0.6) is 0 Å². The largest absolute Gasteiger partial charge is 0.309 e. The summed E-state index contributed by atoms with van der Waals surface area (Å²) < 4.78 is 13.6. The summed E-state index contributed by atoms with van der Waals surface area (Å²) in [5, 5.41) is 3.48. The molecule has 0 bridgehead atoms. The van der Waals surface area contributed by atoms with Crippen molar-refractivity contribution in [2.45, 2.75) is 33.2 Å². The maximum absolute atomic E-state index is 13.6. The Bertz CT molecular complexity index is 547. The molecule has 0 aliphatic carbocycles. The molecule has 0 aliphatic rings. The van der Waals surface area contributed by atoms with Crippen molar-refractivity contribution >= 4 is 11.3 Å². The van der Waals surface area contributed by atoms with Gasteiger partial charge >= 0.3 is 0 Å². The summed E-state index contributed by atoms with van der Waals surface area (Å²) in [5.74, 6) is -0.135. The third-order valence-electron chi connectivity index (χ3n) is 3.29. The second kappa shape index (κ2) is 6.31. The first-order valence-corrected chi connectivity index (χ1v) is 7.53. The Hall–Kier alpha value is -1.19. The van der Waals surface area contributed by atoms with Crippen LogP contribution in [0.25, 0.3) is 10.4 Å². The van der Waals surface area contributed by atoms with Gasteiger partial charge in [0.15, 0.2) is 0 Å². The fourth-order valence-corrected chi connectivity index (χ4v) is 3.18. The molecule has 0 saturated heterocycles. The Balaban J connectivity index is 2.23. The molecule has 1 aromatic carbocycles. The second-order valence-electron chi connectivity index (χ2n) is 4.79. The van der Waals surface area contributed by atoms with Crippen LogP contribution < -0.4 is 5.32 Å². The summed E-state index contributed by atoms with van der Waals surface area (Å²) >= 11 is 1.74. The molecule has 2 rings (SSSR count). The summed E-state index contributed by atoms with van der Waals surface area (Å²) in [5.41, 5.74) is 1.73. The van der Waals surface area contributed by atoms with Gasteiger partial charge in [0, 0.05) is 15.8 Å². The summed E-state index contributed by atoms with van der Waals surface area (Å²) in [6.07, 6.45) is 1.13. The lowest BCUT2D eigenvalue weighted by atomic mass is 10.1. The van der Waals surface area contributed by atoms with Crippen molar-refractivity contribution in [3.8, 4) is 10.4 Å². The first kappa shape index (κ1) is 14.2. The quantitative estimate of drug-likeness (QED) is 0.817. The zero-order valence-corrected chi connectivity index (χ0v) is 12.5. The topological polar surface area (TPSA) is 12.0 Å². The summed E-state index contributed by atoms with van der Waals surface area (Å²) in [6.45, 7) is 7.19. The molecule has 0 amide bonds. The summed E-state index contributed by atoms with van der Waals surface area (Å²) in [7, 11) is 0. The molecular weight excluding hydrogens is 257 g/mol. The number of rotatable bonds is 5. The maximum atomic E-state index is 13.6. The van der Waals surface area contributed by atoms with Gasteiger partial charge in [-0.25, -0.2) is 4.39 Å². The van der Waals surface area contributed by atoms with E-state index in [4.69, 9.17) is 0 Å². The molecule has 1 unspecified atom stereocenters. The molecule has 1 atom stereocenters. The van der Waals surface area contributed by atoms with Crippen LogP contribution in [0, 0.1) is 12.7 Å². The first-order valence-electron chi connectivity index (χ1n) is 6.72. The van der Waals surface area contributed by atoms with Crippen LogP contribution in [0.3, 0.4) is 0 Å². The smallest absolute Gasteiger partial charge is 0.126 e. The summed E-state index contributed by atoms with van der Waals surface area (Å²) in [6, 6.07) is 9.85. The summed E-state index contributed by atoms with van der Waals surface area (Å²) in [4.78, 5) is 2.43. The number of nitrogens with one attached hydrogen (secondary N) is 1. The van der Waals surface area contributed by atoms with Crippen molar-refractivity contribution < 1.29 is 4.39 Å². The van der Waals surface area contributed by atoms with Gasteiger partial charge in [-0.2, -0.15) is 0 Å². The van der Waals surface area contributed by atoms with Gasteiger partial charge in [0.1, 0.15) is 5.82 Å². The lowest BCUT2D eigenvalue weighted by molar-refractivity contribution is 0.578. The molecule has 1 nitrogen and oxygen atoms in total. The fraction of sp³-hybridized carbons (Fsp3) is 0.375. The van der Waals surface area contributed by atoms with Crippen molar-refractivity contribution in [1.29, 1.82) is 0 Å². The number of hydrogen-bond donors (Lipinski definition) is 1. The van der Waals surface area contributed by atoms with Crippen LogP contribution in [0.4, 0.5) is 4.39 Å². The Kier molecular flexibility index (Phi) is 4.72. The Labute approximate surface area is 118 Å². The predicted molar refractivity (Wildman–Crippen MR) is 81.2 cm³/mol. The van der Waals surface area contributed by atoms with Gasteiger partial charge in [-0.15, -0.1) is 11.3 Å². The van der Waals surface area contributed by atoms with Crippen LogP contribution in [0.15, 0.2) is 30.3 Å². The van der Waals surface area contributed by atoms with Gasteiger partial charge < -0.3 is 5.32 Å². The van der Waals surface area contributed by atoms with E-state index in [0.29, 0.717) is 6.04 Å². The van der Waals surface area contributed by atoms with Gasteiger partial charge in [-0.05, 0) is 56.1 Å². The van der Waals surface area contributed by atoms with E-state index in [1.807, 2.05) is 13.0 Å². The minimum absolute atomic E-state index is 0.135. The van der Waals surface area contributed by atoms with E-state index in [2.05, 4.69) is 31.3 Å². The molecule has 0 spiro atoms. The van der Waals surface area contributed by atoms with E-state index in [0.717, 1.165) is 29.0 Å². The molecule has 1 aromatic heterocycles. The van der Waals surface area contributed by atoms with E-state index >= 15 is 0 Å². The van der Waals surface area contributed by atoms with Gasteiger partial charge in [0.2, 0.25) is 0 Å². The van der Waals surface area contributed by atoms with E-state index in [1.165, 1.54) is 10.9 Å². The number of benzene rings is 1. The normalized spacial score (nSPS) is 12.6. The number of halogens is 1. The molecule has 0 fully saturated rings. The average Bonchev–Trinajstić information content (AvgIpc) is 2.88. The standard InChI is InChI=1S/C16H20FNS/c1-4-10-18-12(3)15-8-9-16(19-15)13-6-5-7-14(17)11(13)2/h5-9,12,18H,4,10H2,1-3H3. The van der Waals surface area contributed by atoms with Crippen molar-refractivity contribution in [3.05, 3.63) is 46.6 Å². The lowest BCUT2D eigenvalue weighted by Crippen LogP contribution is -2.18. The van der Waals surface area contributed by atoms with Crippen LogP contribution in [0.2, 0.25) is 0 Å². The Morgan fingerprint density at radius 2 is 2.05 bits per heavy atom. The molecule has 0 radical (unpaired) electrons. The predicted octanol–water partition coefficient (Wildman–Crippen LogP) is 4.92. The molecule has 3 heteroatoms. The molecule has 1 N–H and O–H groups in total. The van der Waals surface area contributed by atoms with Crippen molar-refractivity contribution in [3.63, 3.8) is 0 Å². The second-order valence-corrected chi connectivity index (χ2v) is 5.91. The average molecular weight is 277 g/mol. The lowest BCUT2D eigenvalue weighted by Gasteiger charge is -2.10. The Morgan fingerprint density at radius 3 is 2.79 bits per heavy atom. The maximum Gasteiger partial charge on any atom is 0.126 e. The highest BCUT2D eigenvalue weighted by atomic mass is 32.1. The van der Waals surface area contributed by atoms with Gasteiger partial charge in [0.05, 0.1) is 0 Å². The monoisotopic (exact) mass is 277 g/mol. The highest BCUT2D eigenvalue weighted by Gasteiger charge is 2.11. The minimum atomic E-state index is -0.135. The van der Waals surface area contributed by atoms with Crippen LogP contribution in [0.1, 0.15) is 36.8 Å². The molecule has 2 aromatic rings. The first-order chi connectivity index (χ1) is 9.13. The third-order valence-corrected chi connectivity index (χ3v) is 4.59. The Morgan fingerprint density at radius 1 is 1.26 bits per heavy atom. The number of hydrogen-bond acceptors (Lipinski definition) is 2. The van der Waals surface area contributed by atoms with E-state index in [1.54, 1.807) is 17.4 Å². The number of thiophene rings is 1. The SMILES string of the molecule is CCCNC(C)c1ccc(-c2cccc(F)c2C)s1. The van der Waals surface area contributed by atoms with Crippen LogP contribution >= 0.6 is 11.3 Å².